The number of alkyl halides is 2. The van der Waals surface area contributed by atoms with Crippen molar-refractivity contribution in [3.63, 3.8) is 0 Å². The molecule has 2 heterocycles. The lowest BCUT2D eigenvalue weighted by atomic mass is 9.82. The molecule has 2 unspecified atom stereocenters. The number of carbonyl (C=O) groups excluding carboxylic acids is 1. The van der Waals surface area contributed by atoms with E-state index in [1.165, 1.54) is 4.90 Å². The van der Waals surface area contributed by atoms with Gasteiger partial charge in [0.15, 0.2) is 5.69 Å². The average Bonchev–Trinajstić information content (AvgIpc) is 3.26. The summed E-state index contributed by atoms with van der Waals surface area (Å²) in [7, 11) is 0. The number of rotatable bonds is 4. The molecule has 1 saturated heterocycles. The summed E-state index contributed by atoms with van der Waals surface area (Å²) in [5.41, 5.74) is 3.71. The minimum atomic E-state index is -3.02. The number of aromatic nitrogens is 2. The number of likely N-dealkylation sites (tertiary alicyclic amines) is 1. The second-order valence-corrected chi connectivity index (χ2v) is 8.42. The predicted molar refractivity (Wildman–Crippen MR) is 106 cm³/mol. The van der Waals surface area contributed by atoms with Crippen LogP contribution in [0, 0.1) is 13.8 Å². The Morgan fingerprint density at radius 1 is 1.30 bits per heavy atom. The molecule has 1 fully saturated rings. The van der Waals surface area contributed by atoms with E-state index in [2.05, 4.69) is 10.2 Å². The van der Waals surface area contributed by atoms with Gasteiger partial charge in [0.1, 0.15) is 0 Å². The molecule has 0 radical (unpaired) electrons. The fraction of sp³-hybridized carbons (Fsp3) is 0.500. The van der Waals surface area contributed by atoms with E-state index in [-0.39, 0.29) is 36.9 Å². The smallest absolute Gasteiger partial charge is 0.356 e. The molecule has 6 nitrogen and oxygen atoms in total. The van der Waals surface area contributed by atoms with Crippen LogP contribution in [0.2, 0.25) is 0 Å². The van der Waals surface area contributed by atoms with Crippen LogP contribution in [0.25, 0.3) is 0 Å². The Kier molecular flexibility index (Phi) is 5.11. The first-order valence-corrected chi connectivity index (χ1v) is 10.2. The van der Waals surface area contributed by atoms with E-state index in [1.807, 2.05) is 19.9 Å². The standard InChI is InChI=1S/C22H25F2N3O3/c1-12-4-3-5-15(13(12)2)16-8-9-27(11-22(16,23)24)18(28)10-14-6-7-17-19(14)20(21(29)30)26-25-17/h3-5,14,16H,6-11H2,1-2H3,(H,25,26)(H,29,30). The third-order valence-electron chi connectivity index (χ3n) is 6.63. The van der Waals surface area contributed by atoms with Crippen LogP contribution >= 0.6 is 0 Å². The number of fused-ring (bicyclic) bond motifs is 1. The molecule has 0 saturated carbocycles. The van der Waals surface area contributed by atoms with Crippen molar-refractivity contribution in [2.45, 2.75) is 57.3 Å². The van der Waals surface area contributed by atoms with Gasteiger partial charge in [-0.2, -0.15) is 5.10 Å². The van der Waals surface area contributed by atoms with Crippen molar-refractivity contribution >= 4 is 11.9 Å². The number of H-pyrrole nitrogens is 1. The molecular weight excluding hydrogens is 392 g/mol. The Morgan fingerprint density at radius 2 is 2.07 bits per heavy atom. The van der Waals surface area contributed by atoms with E-state index in [4.69, 9.17) is 0 Å². The van der Waals surface area contributed by atoms with Crippen molar-refractivity contribution in [2.24, 2.45) is 0 Å². The number of nitrogens with zero attached hydrogens (tertiary/aromatic N) is 2. The maximum absolute atomic E-state index is 15.1. The van der Waals surface area contributed by atoms with Gasteiger partial charge in [-0.3, -0.25) is 9.89 Å². The van der Waals surface area contributed by atoms with Gasteiger partial charge in [0, 0.05) is 24.2 Å². The summed E-state index contributed by atoms with van der Waals surface area (Å²) in [5.74, 6) is -5.73. The lowest BCUT2D eigenvalue weighted by molar-refractivity contribution is -0.144. The molecular formula is C22H25F2N3O3. The Morgan fingerprint density at radius 3 is 2.77 bits per heavy atom. The number of amides is 1. The van der Waals surface area contributed by atoms with Gasteiger partial charge in [0.2, 0.25) is 5.91 Å². The highest BCUT2D eigenvalue weighted by Gasteiger charge is 2.47. The van der Waals surface area contributed by atoms with Crippen LogP contribution < -0.4 is 0 Å². The molecule has 2 aliphatic rings. The molecule has 160 valence electrons. The highest BCUT2D eigenvalue weighted by molar-refractivity contribution is 5.88. The largest absolute Gasteiger partial charge is 0.476 e. The van der Waals surface area contributed by atoms with Crippen LogP contribution in [0.1, 0.15) is 69.5 Å². The molecule has 8 heteroatoms. The monoisotopic (exact) mass is 417 g/mol. The molecule has 1 aromatic heterocycles. The number of aromatic carboxylic acids is 1. The Labute approximate surface area is 173 Å². The Bertz CT molecular complexity index is 1000. The fourth-order valence-corrected chi connectivity index (χ4v) is 4.87. The Balaban J connectivity index is 1.48. The molecule has 1 aliphatic carbocycles. The van der Waals surface area contributed by atoms with Crippen molar-refractivity contribution < 1.29 is 23.5 Å². The van der Waals surface area contributed by atoms with Crippen LogP contribution in [-0.2, 0) is 11.2 Å². The second kappa shape index (κ2) is 7.49. The van der Waals surface area contributed by atoms with E-state index in [0.717, 1.165) is 16.8 Å². The molecule has 2 aromatic rings. The van der Waals surface area contributed by atoms with Crippen molar-refractivity contribution in [1.82, 2.24) is 15.1 Å². The van der Waals surface area contributed by atoms with Gasteiger partial charge in [-0.05, 0) is 55.7 Å². The normalized spacial score (nSPS) is 22.7. The van der Waals surface area contributed by atoms with Crippen LogP contribution in [0.4, 0.5) is 8.78 Å². The van der Waals surface area contributed by atoms with Crippen molar-refractivity contribution in [3.05, 3.63) is 51.8 Å². The minimum absolute atomic E-state index is 0.0248. The van der Waals surface area contributed by atoms with E-state index in [1.54, 1.807) is 12.1 Å². The lowest BCUT2D eigenvalue weighted by Crippen LogP contribution is -2.50. The lowest BCUT2D eigenvalue weighted by Gasteiger charge is -2.39. The number of halogens is 2. The van der Waals surface area contributed by atoms with Gasteiger partial charge >= 0.3 is 5.97 Å². The number of aryl methyl sites for hydroxylation is 2. The molecule has 4 rings (SSSR count). The number of carboxylic acid groups (broad SMARTS) is 1. The number of benzene rings is 1. The first-order chi connectivity index (χ1) is 14.2. The average molecular weight is 417 g/mol. The summed E-state index contributed by atoms with van der Waals surface area (Å²) in [5, 5.41) is 15.9. The van der Waals surface area contributed by atoms with Gasteiger partial charge in [-0.25, -0.2) is 13.6 Å². The third kappa shape index (κ3) is 3.48. The number of nitrogens with one attached hydrogen (secondary N) is 1. The molecule has 0 spiro atoms. The maximum Gasteiger partial charge on any atom is 0.356 e. The van der Waals surface area contributed by atoms with E-state index < -0.39 is 24.4 Å². The summed E-state index contributed by atoms with van der Waals surface area (Å²) in [4.78, 5) is 25.5. The summed E-state index contributed by atoms with van der Waals surface area (Å²) in [6.45, 7) is 3.43. The summed E-state index contributed by atoms with van der Waals surface area (Å²) in [6, 6.07) is 5.46. The first-order valence-electron chi connectivity index (χ1n) is 10.2. The number of carbonyl (C=O) groups is 2. The number of hydrogen-bond donors (Lipinski definition) is 2. The number of carboxylic acids is 1. The van der Waals surface area contributed by atoms with Gasteiger partial charge < -0.3 is 10.0 Å². The molecule has 1 aliphatic heterocycles. The number of aromatic amines is 1. The number of piperidine rings is 1. The van der Waals surface area contributed by atoms with Crippen LogP contribution in [0.15, 0.2) is 18.2 Å². The summed E-state index contributed by atoms with van der Waals surface area (Å²) >= 11 is 0. The first kappa shape index (κ1) is 20.5. The quantitative estimate of drug-likeness (QED) is 0.792. The summed E-state index contributed by atoms with van der Waals surface area (Å²) < 4.78 is 30.1. The zero-order valence-electron chi connectivity index (χ0n) is 17.0. The van der Waals surface area contributed by atoms with E-state index in [9.17, 15) is 14.7 Å². The van der Waals surface area contributed by atoms with Gasteiger partial charge in [0.25, 0.3) is 5.92 Å². The van der Waals surface area contributed by atoms with E-state index >= 15 is 8.78 Å². The highest BCUT2D eigenvalue weighted by Crippen LogP contribution is 2.43. The minimum Gasteiger partial charge on any atom is -0.476 e. The molecule has 0 bridgehead atoms. The molecule has 2 N–H and O–H groups in total. The maximum atomic E-state index is 15.1. The number of hydrogen-bond acceptors (Lipinski definition) is 3. The summed E-state index contributed by atoms with van der Waals surface area (Å²) in [6.07, 6.45) is 1.45. The molecule has 30 heavy (non-hydrogen) atoms. The topological polar surface area (TPSA) is 86.3 Å². The highest BCUT2D eigenvalue weighted by atomic mass is 19.3. The fourth-order valence-electron chi connectivity index (χ4n) is 4.87. The Hall–Kier alpha value is -2.77. The van der Waals surface area contributed by atoms with Crippen molar-refractivity contribution in [2.75, 3.05) is 13.1 Å². The van der Waals surface area contributed by atoms with Crippen molar-refractivity contribution in [1.29, 1.82) is 0 Å². The predicted octanol–water partition coefficient (Wildman–Crippen LogP) is 3.80. The second-order valence-electron chi connectivity index (χ2n) is 8.42. The van der Waals surface area contributed by atoms with Gasteiger partial charge in [-0.1, -0.05) is 18.2 Å². The zero-order chi connectivity index (χ0) is 21.6. The molecule has 1 aromatic carbocycles. The van der Waals surface area contributed by atoms with Crippen LogP contribution in [0.3, 0.4) is 0 Å². The van der Waals surface area contributed by atoms with Gasteiger partial charge in [-0.15, -0.1) is 0 Å². The van der Waals surface area contributed by atoms with Crippen LogP contribution in [-0.4, -0.2) is 51.1 Å². The van der Waals surface area contributed by atoms with Crippen molar-refractivity contribution in [3.8, 4) is 0 Å². The zero-order valence-corrected chi connectivity index (χ0v) is 17.0. The van der Waals surface area contributed by atoms with Crippen LogP contribution in [0.5, 0.6) is 0 Å². The van der Waals surface area contributed by atoms with E-state index in [0.29, 0.717) is 24.0 Å². The SMILES string of the molecule is Cc1cccc(C2CCN(C(=O)CC3CCc4[nH]nc(C(=O)O)c43)CC2(F)F)c1C. The molecule has 2 atom stereocenters. The third-order valence-corrected chi connectivity index (χ3v) is 6.63. The van der Waals surface area contributed by atoms with Gasteiger partial charge in [0.05, 0.1) is 12.5 Å². The molecule has 1 amide bonds.